The van der Waals surface area contributed by atoms with Crippen LogP contribution in [-0.4, -0.2) is 50.0 Å². The van der Waals surface area contributed by atoms with Crippen molar-refractivity contribution in [2.75, 3.05) is 24.3 Å². The van der Waals surface area contributed by atoms with E-state index in [2.05, 4.69) is 25.4 Å². The summed E-state index contributed by atoms with van der Waals surface area (Å²) in [5.74, 6) is 0.891. The zero-order valence-electron chi connectivity index (χ0n) is 17.5. The van der Waals surface area contributed by atoms with Gasteiger partial charge in [-0.05, 0) is 26.0 Å². The van der Waals surface area contributed by atoms with Crippen LogP contribution >= 0.6 is 11.6 Å². The Labute approximate surface area is 184 Å². The molecule has 0 unspecified atom stereocenters. The molecule has 3 N–H and O–H groups in total. The number of carbonyl (C=O) groups excluding carboxylic acids is 1. The van der Waals surface area contributed by atoms with Gasteiger partial charge in [0.25, 0.3) is 0 Å². The van der Waals surface area contributed by atoms with Crippen LogP contribution in [0.1, 0.15) is 30.6 Å². The molecule has 0 aliphatic rings. The van der Waals surface area contributed by atoms with Crippen molar-refractivity contribution in [1.29, 1.82) is 0 Å². The van der Waals surface area contributed by atoms with E-state index in [1.165, 1.54) is 6.20 Å². The van der Waals surface area contributed by atoms with E-state index in [0.29, 0.717) is 47.4 Å². The van der Waals surface area contributed by atoms with Crippen LogP contribution in [0.15, 0.2) is 30.7 Å². The molecule has 0 saturated heterocycles. The van der Waals surface area contributed by atoms with Crippen molar-refractivity contribution < 1.29 is 14.3 Å². The van der Waals surface area contributed by atoms with E-state index in [1.54, 1.807) is 43.2 Å². The topological polar surface area (TPSA) is 130 Å². The number of halogens is 1. The summed E-state index contributed by atoms with van der Waals surface area (Å²) in [4.78, 5) is 24.6. The van der Waals surface area contributed by atoms with Crippen molar-refractivity contribution >= 4 is 29.1 Å². The highest BCUT2D eigenvalue weighted by Crippen LogP contribution is 2.27. The fraction of sp³-hybridized carbons (Fsp3) is 0.350. The van der Waals surface area contributed by atoms with Gasteiger partial charge in [0.05, 0.1) is 25.1 Å². The van der Waals surface area contributed by atoms with Gasteiger partial charge in [-0.3, -0.25) is 0 Å². The summed E-state index contributed by atoms with van der Waals surface area (Å²) in [5, 5.41) is 7.78. The average molecular weight is 446 g/mol. The summed E-state index contributed by atoms with van der Waals surface area (Å²) >= 11 is 6.00. The second-order valence-electron chi connectivity index (χ2n) is 6.75. The molecule has 0 aliphatic heterocycles. The first-order valence-corrected chi connectivity index (χ1v) is 10.1. The number of anilines is 2. The number of nitrogen functional groups attached to an aromatic ring is 1. The predicted molar refractivity (Wildman–Crippen MR) is 117 cm³/mol. The van der Waals surface area contributed by atoms with Crippen molar-refractivity contribution in [2.24, 2.45) is 7.05 Å². The predicted octanol–water partition coefficient (Wildman–Crippen LogP) is 2.95. The summed E-state index contributed by atoms with van der Waals surface area (Å²) < 4.78 is 12.7. The molecule has 0 amide bonds. The summed E-state index contributed by atoms with van der Waals surface area (Å²) in [5.41, 5.74) is 7.29. The third-order valence-corrected chi connectivity index (χ3v) is 4.57. The zero-order valence-corrected chi connectivity index (χ0v) is 18.3. The Hall–Kier alpha value is -3.40. The molecule has 3 aromatic rings. The van der Waals surface area contributed by atoms with E-state index >= 15 is 0 Å². The van der Waals surface area contributed by atoms with Gasteiger partial charge in [-0.15, -0.1) is 0 Å². The number of nitrogens with one attached hydrogen (secondary N) is 1. The van der Waals surface area contributed by atoms with Crippen molar-refractivity contribution in [3.05, 3.63) is 41.4 Å². The van der Waals surface area contributed by atoms with Gasteiger partial charge in [-0.2, -0.15) is 5.10 Å². The number of nitrogens with two attached hydrogens (primary N) is 1. The minimum Gasteiger partial charge on any atom is -0.477 e. The highest BCUT2D eigenvalue weighted by atomic mass is 35.5. The van der Waals surface area contributed by atoms with Crippen LogP contribution in [0.2, 0.25) is 5.15 Å². The molecular formula is C20H24ClN7O3. The molecule has 31 heavy (non-hydrogen) atoms. The minimum atomic E-state index is -0.459. The molecule has 0 saturated carbocycles. The maximum atomic E-state index is 12.2. The number of pyridine rings is 1. The molecule has 1 atom stereocenters. The van der Waals surface area contributed by atoms with Crippen molar-refractivity contribution in [3.63, 3.8) is 0 Å². The molecule has 0 fully saturated rings. The van der Waals surface area contributed by atoms with Gasteiger partial charge in [0.1, 0.15) is 22.1 Å². The number of rotatable bonds is 9. The van der Waals surface area contributed by atoms with Gasteiger partial charge in [0, 0.05) is 31.9 Å². The lowest BCUT2D eigenvalue weighted by atomic mass is 10.2. The van der Waals surface area contributed by atoms with Crippen LogP contribution in [0.3, 0.4) is 0 Å². The van der Waals surface area contributed by atoms with Crippen molar-refractivity contribution in [3.8, 4) is 17.3 Å². The molecule has 0 radical (unpaired) electrons. The van der Waals surface area contributed by atoms with Crippen LogP contribution in [0.25, 0.3) is 11.4 Å². The van der Waals surface area contributed by atoms with Gasteiger partial charge in [0.2, 0.25) is 5.88 Å². The number of aryl methyl sites for hydroxylation is 1. The molecule has 0 bridgehead atoms. The minimum absolute atomic E-state index is 0.0352. The SMILES string of the molecule is CCOC(=O)c1cnc(Cl)cc1N[C@@H](C)CCOc1c(-c2nccc(N)n2)cnn1C. The highest BCUT2D eigenvalue weighted by Gasteiger charge is 2.17. The lowest BCUT2D eigenvalue weighted by Gasteiger charge is -2.18. The molecular weight excluding hydrogens is 422 g/mol. The lowest BCUT2D eigenvalue weighted by molar-refractivity contribution is 0.0527. The molecule has 3 rings (SSSR count). The first kappa shape index (κ1) is 22.3. The molecule has 0 spiro atoms. The smallest absolute Gasteiger partial charge is 0.341 e. The number of esters is 1. The molecule has 0 aromatic carbocycles. The third kappa shape index (κ3) is 5.60. The maximum absolute atomic E-state index is 12.2. The maximum Gasteiger partial charge on any atom is 0.341 e. The van der Waals surface area contributed by atoms with E-state index in [0.717, 1.165) is 0 Å². The normalized spacial score (nSPS) is 11.7. The second-order valence-corrected chi connectivity index (χ2v) is 7.13. The highest BCUT2D eigenvalue weighted by molar-refractivity contribution is 6.29. The number of ether oxygens (including phenoxy) is 2. The molecule has 3 heterocycles. The third-order valence-electron chi connectivity index (χ3n) is 4.36. The molecule has 164 valence electrons. The van der Waals surface area contributed by atoms with Crippen LogP contribution in [0.4, 0.5) is 11.5 Å². The Balaban J connectivity index is 1.65. The molecule has 3 aromatic heterocycles. The Morgan fingerprint density at radius 1 is 1.35 bits per heavy atom. The second kappa shape index (κ2) is 10.1. The fourth-order valence-electron chi connectivity index (χ4n) is 2.84. The van der Waals surface area contributed by atoms with Gasteiger partial charge < -0.3 is 20.5 Å². The molecule has 11 heteroatoms. The first-order valence-electron chi connectivity index (χ1n) is 9.72. The zero-order chi connectivity index (χ0) is 22.4. The van der Waals surface area contributed by atoms with Crippen LogP contribution in [-0.2, 0) is 11.8 Å². The van der Waals surface area contributed by atoms with Gasteiger partial charge in [-0.1, -0.05) is 11.6 Å². The first-order chi connectivity index (χ1) is 14.9. The fourth-order valence-corrected chi connectivity index (χ4v) is 3.00. The summed E-state index contributed by atoms with van der Waals surface area (Å²) in [6.45, 7) is 4.37. The van der Waals surface area contributed by atoms with E-state index < -0.39 is 5.97 Å². The quantitative estimate of drug-likeness (QED) is 0.377. The largest absolute Gasteiger partial charge is 0.477 e. The van der Waals surface area contributed by atoms with Gasteiger partial charge in [-0.25, -0.2) is 24.4 Å². The molecule has 10 nitrogen and oxygen atoms in total. The van der Waals surface area contributed by atoms with E-state index in [9.17, 15) is 4.79 Å². The van der Waals surface area contributed by atoms with E-state index in [1.807, 2.05) is 6.92 Å². The van der Waals surface area contributed by atoms with Crippen LogP contribution in [0, 0.1) is 0 Å². The summed E-state index contributed by atoms with van der Waals surface area (Å²) in [6, 6.07) is 3.18. The van der Waals surface area contributed by atoms with Crippen molar-refractivity contribution in [1.82, 2.24) is 24.7 Å². The number of aromatic nitrogens is 5. The summed E-state index contributed by atoms with van der Waals surface area (Å²) in [6.07, 6.45) is 5.25. The van der Waals surface area contributed by atoms with Gasteiger partial charge in [0.15, 0.2) is 5.82 Å². The Bertz CT molecular complexity index is 1060. The number of nitrogens with zero attached hydrogens (tertiary/aromatic N) is 5. The Morgan fingerprint density at radius 3 is 2.90 bits per heavy atom. The van der Waals surface area contributed by atoms with Crippen LogP contribution in [0.5, 0.6) is 5.88 Å². The number of hydrogen-bond acceptors (Lipinski definition) is 9. The molecule has 0 aliphatic carbocycles. The van der Waals surface area contributed by atoms with E-state index in [4.69, 9.17) is 26.8 Å². The Kier molecular flexibility index (Phi) is 7.24. The standard InChI is InChI=1S/C20H24ClN7O3/c1-4-30-20(29)13-10-24-16(21)9-15(13)26-12(2)6-8-31-19-14(11-25-28(19)3)18-23-7-5-17(22)27-18/h5,7,9-12H,4,6,8H2,1-3H3,(H,24,26)(H2,22,23,27)/t12-/m0/s1. The lowest BCUT2D eigenvalue weighted by Crippen LogP contribution is -2.21. The monoisotopic (exact) mass is 445 g/mol. The van der Waals surface area contributed by atoms with Crippen molar-refractivity contribution in [2.45, 2.75) is 26.3 Å². The number of carbonyl (C=O) groups is 1. The number of hydrogen-bond donors (Lipinski definition) is 2. The van der Waals surface area contributed by atoms with Gasteiger partial charge >= 0.3 is 5.97 Å². The van der Waals surface area contributed by atoms with Crippen LogP contribution < -0.4 is 15.8 Å². The average Bonchev–Trinajstić information content (AvgIpc) is 3.09. The Morgan fingerprint density at radius 2 is 2.16 bits per heavy atom. The summed E-state index contributed by atoms with van der Waals surface area (Å²) in [7, 11) is 1.78. The van der Waals surface area contributed by atoms with E-state index in [-0.39, 0.29) is 17.8 Å².